The van der Waals surface area contributed by atoms with E-state index >= 15 is 0 Å². The molecule has 0 aliphatic carbocycles. The summed E-state index contributed by atoms with van der Waals surface area (Å²) in [6, 6.07) is 8.71. The molecule has 5 nitrogen and oxygen atoms in total. The summed E-state index contributed by atoms with van der Waals surface area (Å²) in [5.41, 5.74) is 1.21. The van der Waals surface area contributed by atoms with Gasteiger partial charge in [-0.3, -0.25) is 9.69 Å². The fourth-order valence-electron chi connectivity index (χ4n) is 4.04. The van der Waals surface area contributed by atoms with Crippen molar-refractivity contribution >= 4 is 5.91 Å². The van der Waals surface area contributed by atoms with Gasteiger partial charge in [0.25, 0.3) is 0 Å². The number of aryl methyl sites for hydroxylation is 1. The average molecular weight is 360 g/mol. The third-order valence-electron chi connectivity index (χ3n) is 5.66. The maximum absolute atomic E-state index is 12.7. The molecule has 2 saturated heterocycles. The van der Waals surface area contributed by atoms with Crippen LogP contribution < -0.4 is 10.1 Å². The summed E-state index contributed by atoms with van der Waals surface area (Å²) in [6.07, 6.45) is 4.48. The van der Waals surface area contributed by atoms with E-state index in [1.807, 2.05) is 17.0 Å². The van der Waals surface area contributed by atoms with Crippen molar-refractivity contribution in [3.63, 3.8) is 0 Å². The van der Waals surface area contributed by atoms with Gasteiger partial charge >= 0.3 is 0 Å². The van der Waals surface area contributed by atoms with Crippen molar-refractivity contribution in [2.75, 3.05) is 46.4 Å². The molecule has 1 atom stereocenters. The molecule has 0 spiro atoms. The van der Waals surface area contributed by atoms with Gasteiger partial charge in [-0.1, -0.05) is 12.1 Å². The summed E-state index contributed by atoms with van der Waals surface area (Å²) in [5.74, 6) is 1.63. The Hall–Kier alpha value is -1.59. The van der Waals surface area contributed by atoms with Crippen molar-refractivity contribution in [3.8, 4) is 5.75 Å². The highest BCUT2D eigenvalue weighted by atomic mass is 16.5. The van der Waals surface area contributed by atoms with Gasteiger partial charge < -0.3 is 15.0 Å². The van der Waals surface area contributed by atoms with Crippen LogP contribution in [0.2, 0.25) is 0 Å². The van der Waals surface area contributed by atoms with E-state index in [0.717, 1.165) is 57.6 Å². The number of piperidine rings is 2. The maximum atomic E-state index is 12.7. The molecule has 1 aromatic carbocycles. The Kier molecular flexibility index (Phi) is 6.92. The first-order valence-corrected chi connectivity index (χ1v) is 10.00. The minimum atomic E-state index is 0.270. The molecule has 144 valence electrons. The minimum absolute atomic E-state index is 0.270. The van der Waals surface area contributed by atoms with Gasteiger partial charge in [-0.15, -0.1) is 0 Å². The number of nitrogens with zero attached hydrogens (tertiary/aromatic N) is 2. The van der Waals surface area contributed by atoms with Crippen LogP contribution in [0.3, 0.4) is 0 Å². The van der Waals surface area contributed by atoms with Crippen LogP contribution in [0.1, 0.15) is 31.2 Å². The van der Waals surface area contributed by atoms with E-state index in [0.29, 0.717) is 25.1 Å². The van der Waals surface area contributed by atoms with Gasteiger partial charge in [0.1, 0.15) is 5.75 Å². The first-order valence-electron chi connectivity index (χ1n) is 10.00. The van der Waals surface area contributed by atoms with Crippen molar-refractivity contribution in [2.24, 2.45) is 5.92 Å². The summed E-state index contributed by atoms with van der Waals surface area (Å²) in [6.45, 7) is 7.14. The monoisotopic (exact) mass is 359 g/mol. The predicted octanol–water partition coefficient (Wildman–Crippen LogP) is 2.30. The standard InChI is InChI=1S/C21H33N3O2/c1-17-5-3-7-20(13-17)26-16-18-6-4-12-24(14-18)21(25)15-23(2)19-8-10-22-11-9-19/h3,5,7,13,18-19,22H,4,6,8-12,14-16H2,1-2H3/t18-/m0/s1. The molecule has 2 aliphatic heterocycles. The van der Waals surface area contributed by atoms with Gasteiger partial charge in [-0.05, 0) is 70.4 Å². The summed E-state index contributed by atoms with van der Waals surface area (Å²) >= 11 is 0. The fourth-order valence-corrected chi connectivity index (χ4v) is 4.04. The molecule has 0 bridgehead atoms. The number of benzene rings is 1. The topological polar surface area (TPSA) is 44.8 Å². The number of likely N-dealkylation sites (N-methyl/N-ethyl adjacent to an activating group) is 1. The van der Waals surface area contributed by atoms with Crippen LogP contribution in [0.5, 0.6) is 5.75 Å². The SMILES string of the molecule is Cc1cccc(OC[C@H]2CCCN(C(=O)CN(C)C3CCNCC3)C2)c1. The number of carbonyl (C=O) groups excluding carboxylic acids is 1. The van der Waals surface area contributed by atoms with E-state index in [1.165, 1.54) is 5.56 Å². The molecule has 3 rings (SSSR count). The Bertz CT molecular complexity index is 586. The van der Waals surface area contributed by atoms with Crippen LogP contribution in [-0.2, 0) is 4.79 Å². The zero-order valence-electron chi connectivity index (χ0n) is 16.2. The lowest BCUT2D eigenvalue weighted by molar-refractivity contribution is -0.134. The molecule has 2 fully saturated rings. The number of rotatable bonds is 6. The summed E-state index contributed by atoms with van der Waals surface area (Å²) < 4.78 is 5.98. The number of hydrogen-bond acceptors (Lipinski definition) is 4. The van der Waals surface area contributed by atoms with E-state index in [4.69, 9.17) is 4.74 Å². The minimum Gasteiger partial charge on any atom is -0.493 e. The molecule has 0 saturated carbocycles. The lowest BCUT2D eigenvalue weighted by Crippen LogP contribution is -2.49. The third kappa shape index (κ3) is 5.45. The number of carbonyl (C=O) groups is 1. The van der Waals surface area contributed by atoms with E-state index in [-0.39, 0.29) is 5.91 Å². The van der Waals surface area contributed by atoms with E-state index in [9.17, 15) is 4.79 Å². The lowest BCUT2D eigenvalue weighted by Gasteiger charge is -2.36. The zero-order valence-corrected chi connectivity index (χ0v) is 16.2. The number of likely N-dealkylation sites (tertiary alicyclic amines) is 1. The molecule has 2 heterocycles. The first kappa shape index (κ1) is 19.2. The van der Waals surface area contributed by atoms with Crippen LogP contribution in [0.4, 0.5) is 0 Å². The Morgan fingerprint density at radius 1 is 1.31 bits per heavy atom. The molecule has 2 aliphatic rings. The number of nitrogens with one attached hydrogen (secondary N) is 1. The Morgan fingerprint density at radius 3 is 2.88 bits per heavy atom. The molecule has 0 unspecified atom stereocenters. The smallest absolute Gasteiger partial charge is 0.236 e. The van der Waals surface area contributed by atoms with Gasteiger partial charge in [0, 0.05) is 25.0 Å². The Morgan fingerprint density at radius 2 is 2.12 bits per heavy atom. The second-order valence-corrected chi connectivity index (χ2v) is 7.87. The number of hydrogen-bond donors (Lipinski definition) is 1. The van der Waals surface area contributed by atoms with Gasteiger partial charge in [0.2, 0.25) is 5.91 Å². The van der Waals surface area contributed by atoms with Gasteiger partial charge in [-0.25, -0.2) is 0 Å². The van der Waals surface area contributed by atoms with Crippen molar-refractivity contribution < 1.29 is 9.53 Å². The Labute approximate surface area is 157 Å². The van der Waals surface area contributed by atoms with Gasteiger partial charge in [0.15, 0.2) is 0 Å². The highest BCUT2D eigenvalue weighted by molar-refractivity contribution is 5.78. The molecular weight excluding hydrogens is 326 g/mol. The van der Waals surface area contributed by atoms with Crippen molar-refractivity contribution in [1.82, 2.24) is 15.1 Å². The Balaban J connectivity index is 1.45. The van der Waals surface area contributed by atoms with E-state index < -0.39 is 0 Å². The van der Waals surface area contributed by atoms with Crippen molar-refractivity contribution in [2.45, 2.75) is 38.6 Å². The zero-order chi connectivity index (χ0) is 18.4. The largest absolute Gasteiger partial charge is 0.493 e. The molecule has 1 aromatic rings. The van der Waals surface area contributed by atoms with Crippen LogP contribution >= 0.6 is 0 Å². The second kappa shape index (κ2) is 9.38. The second-order valence-electron chi connectivity index (χ2n) is 7.87. The predicted molar refractivity (Wildman–Crippen MR) is 104 cm³/mol. The average Bonchev–Trinajstić information content (AvgIpc) is 2.67. The van der Waals surface area contributed by atoms with Crippen molar-refractivity contribution in [1.29, 1.82) is 0 Å². The fraction of sp³-hybridized carbons (Fsp3) is 0.667. The highest BCUT2D eigenvalue weighted by Crippen LogP contribution is 2.20. The molecule has 0 radical (unpaired) electrons. The maximum Gasteiger partial charge on any atom is 0.236 e. The third-order valence-corrected chi connectivity index (χ3v) is 5.66. The molecule has 1 N–H and O–H groups in total. The van der Waals surface area contributed by atoms with E-state index in [2.05, 4.69) is 36.3 Å². The normalized spacial score (nSPS) is 21.8. The van der Waals surface area contributed by atoms with Gasteiger partial charge in [-0.2, -0.15) is 0 Å². The molecule has 26 heavy (non-hydrogen) atoms. The first-order chi connectivity index (χ1) is 12.6. The summed E-state index contributed by atoms with van der Waals surface area (Å²) in [7, 11) is 2.09. The number of ether oxygens (including phenoxy) is 1. The molecule has 1 amide bonds. The van der Waals surface area contributed by atoms with Crippen LogP contribution in [0, 0.1) is 12.8 Å². The van der Waals surface area contributed by atoms with Crippen molar-refractivity contribution in [3.05, 3.63) is 29.8 Å². The summed E-state index contributed by atoms with van der Waals surface area (Å²) in [4.78, 5) is 17.0. The van der Waals surface area contributed by atoms with Crippen LogP contribution in [0.25, 0.3) is 0 Å². The molecule has 5 heteroatoms. The summed E-state index contributed by atoms with van der Waals surface area (Å²) in [5, 5.41) is 3.39. The lowest BCUT2D eigenvalue weighted by atomic mass is 9.98. The van der Waals surface area contributed by atoms with Crippen LogP contribution in [-0.4, -0.2) is 68.1 Å². The highest BCUT2D eigenvalue weighted by Gasteiger charge is 2.26. The van der Waals surface area contributed by atoms with Crippen LogP contribution in [0.15, 0.2) is 24.3 Å². The van der Waals surface area contributed by atoms with Gasteiger partial charge in [0.05, 0.1) is 13.2 Å². The quantitative estimate of drug-likeness (QED) is 0.846. The molecular formula is C21H33N3O2. The van der Waals surface area contributed by atoms with E-state index in [1.54, 1.807) is 0 Å². The number of amides is 1. The molecule has 0 aromatic heterocycles.